The van der Waals surface area contributed by atoms with Crippen LogP contribution in [-0.4, -0.2) is 26.9 Å². The molecule has 0 aromatic heterocycles. The molecule has 0 saturated carbocycles. The van der Waals surface area contributed by atoms with Crippen LogP contribution in [0.5, 0.6) is 0 Å². The molecule has 0 amide bonds. The van der Waals surface area contributed by atoms with E-state index in [2.05, 4.69) is 0 Å². The zero-order valence-electron chi connectivity index (χ0n) is 13.7. The first-order valence-corrected chi connectivity index (χ1v) is 9.94. The Morgan fingerprint density at radius 3 is 2.57 bits per heavy atom. The summed E-state index contributed by atoms with van der Waals surface area (Å²) in [6.45, 7) is 2.03. The van der Waals surface area contributed by atoms with Crippen molar-refractivity contribution in [3.05, 3.63) is 29.8 Å². The molecule has 1 aromatic carbocycles. The third-order valence-corrected chi connectivity index (χ3v) is 5.03. The Morgan fingerprint density at radius 2 is 1.96 bits per heavy atom. The van der Waals surface area contributed by atoms with Gasteiger partial charge in [0.1, 0.15) is 0 Å². The SMILES string of the molecule is CCCCC(=O)OC1CCCC(c2ccc(S(C)(=O)=O)cc2)O1. The standard InChI is InChI=1S/C17H24O5S/c1-3-4-7-16(18)22-17-8-5-6-15(21-17)13-9-11-14(12-10-13)23(2,19)20/h9-12,15,17H,3-8H2,1-2H3. The molecule has 2 unspecified atom stereocenters. The lowest BCUT2D eigenvalue weighted by Gasteiger charge is -2.30. The zero-order valence-corrected chi connectivity index (χ0v) is 14.5. The predicted molar refractivity (Wildman–Crippen MR) is 86.6 cm³/mol. The van der Waals surface area contributed by atoms with Crippen molar-refractivity contribution in [2.45, 2.75) is 62.7 Å². The van der Waals surface area contributed by atoms with E-state index in [1.165, 1.54) is 6.26 Å². The highest BCUT2D eigenvalue weighted by Crippen LogP contribution is 2.32. The van der Waals surface area contributed by atoms with Crippen molar-refractivity contribution in [1.29, 1.82) is 0 Å². The van der Waals surface area contributed by atoms with E-state index in [0.717, 1.165) is 31.2 Å². The summed E-state index contributed by atoms with van der Waals surface area (Å²) in [4.78, 5) is 12.0. The molecule has 1 heterocycles. The second kappa shape index (κ2) is 7.93. The minimum Gasteiger partial charge on any atom is -0.436 e. The van der Waals surface area contributed by atoms with E-state index in [1.807, 2.05) is 6.92 Å². The van der Waals surface area contributed by atoms with Crippen molar-refractivity contribution >= 4 is 15.8 Å². The summed E-state index contributed by atoms with van der Waals surface area (Å²) in [6, 6.07) is 6.71. The lowest BCUT2D eigenvalue weighted by Crippen LogP contribution is -2.27. The van der Waals surface area contributed by atoms with Crippen LogP contribution in [0.15, 0.2) is 29.2 Å². The smallest absolute Gasteiger partial charge is 0.308 e. The lowest BCUT2D eigenvalue weighted by atomic mass is 10.0. The summed E-state index contributed by atoms with van der Waals surface area (Å²) >= 11 is 0. The molecule has 0 bridgehead atoms. The molecule has 1 fully saturated rings. The maximum Gasteiger partial charge on any atom is 0.308 e. The minimum atomic E-state index is -3.20. The minimum absolute atomic E-state index is 0.165. The van der Waals surface area contributed by atoms with Crippen LogP contribution >= 0.6 is 0 Å². The fourth-order valence-corrected chi connectivity index (χ4v) is 3.21. The van der Waals surface area contributed by atoms with Crippen molar-refractivity contribution in [3.63, 3.8) is 0 Å². The highest BCUT2D eigenvalue weighted by molar-refractivity contribution is 7.90. The van der Waals surface area contributed by atoms with Crippen LogP contribution in [0.1, 0.15) is 57.1 Å². The molecule has 128 valence electrons. The van der Waals surface area contributed by atoms with Crippen LogP contribution < -0.4 is 0 Å². The van der Waals surface area contributed by atoms with Crippen LogP contribution in [0.2, 0.25) is 0 Å². The quantitative estimate of drug-likeness (QED) is 0.742. The maximum absolute atomic E-state index is 11.7. The molecule has 0 spiro atoms. The molecule has 0 radical (unpaired) electrons. The molecule has 2 rings (SSSR count). The number of hydrogen-bond acceptors (Lipinski definition) is 5. The van der Waals surface area contributed by atoms with Crippen molar-refractivity contribution in [1.82, 2.24) is 0 Å². The average molecular weight is 340 g/mol. The second-order valence-corrected chi connectivity index (χ2v) is 7.94. The van der Waals surface area contributed by atoms with Gasteiger partial charge in [0.05, 0.1) is 11.0 Å². The first kappa shape index (κ1) is 17.9. The first-order valence-electron chi connectivity index (χ1n) is 8.05. The molecule has 0 N–H and O–H groups in total. The Hall–Kier alpha value is -1.40. The van der Waals surface area contributed by atoms with Gasteiger partial charge in [0.25, 0.3) is 0 Å². The summed E-state index contributed by atoms with van der Waals surface area (Å²) in [7, 11) is -3.20. The summed E-state index contributed by atoms with van der Waals surface area (Å²) in [6.07, 6.45) is 5.16. The molecule has 1 aliphatic rings. The number of rotatable bonds is 6. The summed E-state index contributed by atoms with van der Waals surface area (Å²) in [5, 5.41) is 0. The Morgan fingerprint density at radius 1 is 1.26 bits per heavy atom. The molecule has 1 aromatic rings. The molecule has 5 nitrogen and oxygen atoms in total. The highest BCUT2D eigenvalue weighted by Gasteiger charge is 2.26. The Kier molecular flexibility index (Phi) is 6.18. The van der Waals surface area contributed by atoms with E-state index in [1.54, 1.807) is 24.3 Å². The Labute approximate surface area is 137 Å². The van der Waals surface area contributed by atoms with E-state index >= 15 is 0 Å². The third kappa shape index (κ3) is 5.32. The number of esters is 1. The molecular formula is C17H24O5S. The highest BCUT2D eigenvalue weighted by atomic mass is 32.2. The van der Waals surface area contributed by atoms with Gasteiger partial charge in [-0.25, -0.2) is 8.42 Å². The van der Waals surface area contributed by atoms with Gasteiger partial charge in [0.2, 0.25) is 6.29 Å². The van der Waals surface area contributed by atoms with Crippen LogP contribution in [0.3, 0.4) is 0 Å². The molecule has 6 heteroatoms. The molecule has 1 aliphatic heterocycles. The average Bonchev–Trinajstić information content (AvgIpc) is 2.52. The van der Waals surface area contributed by atoms with Gasteiger partial charge < -0.3 is 9.47 Å². The van der Waals surface area contributed by atoms with Crippen molar-refractivity contribution in [3.8, 4) is 0 Å². The molecular weight excluding hydrogens is 316 g/mol. The topological polar surface area (TPSA) is 69.7 Å². The largest absolute Gasteiger partial charge is 0.436 e. The monoisotopic (exact) mass is 340 g/mol. The Bertz CT molecular complexity index is 621. The third-order valence-electron chi connectivity index (χ3n) is 3.90. The van der Waals surface area contributed by atoms with Gasteiger partial charge in [-0.05, 0) is 37.0 Å². The van der Waals surface area contributed by atoms with Crippen LogP contribution in [0.25, 0.3) is 0 Å². The molecule has 0 aliphatic carbocycles. The number of benzene rings is 1. The number of carbonyl (C=O) groups excluding carboxylic acids is 1. The van der Waals surface area contributed by atoms with Gasteiger partial charge in [0, 0.05) is 19.1 Å². The van der Waals surface area contributed by atoms with Gasteiger partial charge in [-0.3, -0.25) is 4.79 Å². The Balaban J connectivity index is 1.96. The van der Waals surface area contributed by atoms with E-state index in [9.17, 15) is 13.2 Å². The summed E-state index contributed by atoms with van der Waals surface area (Å²) in [5.41, 5.74) is 0.909. The number of hydrogen-bond donors (Lipinski definition) is 0. The summed E-state index contributed by atoms with van der Waals surface area (Å²) < 4.78 is 34.2. The number of sulfone groups is 1. The normalized spacial score (nSPS) is 21.8. The zero-order chi connectivity index (χ0) is 16.9. The fraction of sp³-hybridized carbons (Fsp3) is 0.588. The van der Waals surface area contributed by atoms with Crippen LogP contribution in [-0.2, 0) is 24.1 Å². The van der Waals surface area contributed by atoms with Crippen LogP contribution in [0, 0.1) is 0 Å². The molecule has 1 saturated heterocycles. The molecule has 23 heavy (non-hydrogen) atoms. The first-order chi connectivity index (χ1) is 10.9. The molecule has 2 atom stereocenters. The van der Waals surface area contributed by atoms with E-state index in [-0.39, 0.29) is 12.1 Å². The number of carbonyl (C=O) groups is 1. The lowest BCUT2D eigenvalue weighted by molar-refractivity contribution is -0.204. The number of unbranched alkanes of at least 4 members (excludes halogenated alkanes) is 1. The fourth-order valence-electron chi connectivity index (χ4n) is 2.58. The van der Waals surface area contributed by atoms with E-state index < -0.39 is 16.1 Å². The van der Waals surface area contributed by atoms with Crippen LogP contribution in [0.4, 0.5) is 0 Å². The van der Waals surface area contributed by atoms with Gasteiger partial charge in [-0.1, -0.05) is 25.5 Å². The van der Waals surface area contributed by atoms with Gasteiger partial charge >= 0.3 is 5.97 Å². The predicted octanol–water partition coefficient (Wildman–Crippen LogP) is 3.39. The summed E-state index contributed by atoms with van der Waals surface area (Å²) in [5.74, 6) is -0.218. The van der Waals surface area contributed by atoms with Gasteiger partial charge in [0.15, 0.2) is 9.84 Å². The van der Waals surface area contributed by atoms with E-state index in [0.29, 0.717) is 17.7 Å². The van der Waals surface area contributed by atoms with Gasteiger partial charge in [-0.15, -0.1) is 0 Å². The van der Waals surface area contributed by atoms with Crippen molar-refractivity contribution in [2.75, 3.05) is 6.26 Å². The van der Waals surface area contributed by atoms with E-state index in [4.69, 9.17) is 9.47 Å². The second-order valence-electron chi connectivity index (χ2n) is 5.92. The van der Waals surface area contributed by atoms with Gasteiger partial charge in [-0.2, -0.15) is 0 Å². The maximum atomic E-state index is 11.7. The van der Waals surface area contributed by atoms with Crippen molar-refractivity contribution < 1.29 is 22.7 Å². The van der Waals surface area contributed by atoms with Crippen molar-refractivity contribution in [2.24, 2.45) is 0 Å². The number of ether oxygens (including phenoxy) is 2.